The average molecular weight is 194 g/mol. The van der Waals surface area contributed by atoms with Gasteiger partial charge in [0.2, 0.25) is 6.10 Å². The maximum atomic E-state index is 10.7. The van der Waals surface area contributed by atoms with Crippen molar-refractivity contribution >= 4 is 17.3 Å². The van der Waals surface area contributed by atoms with Gasteiger partial charge in [0.1, 0.15) is 6.10 Å². The lowest BCUT2D eigenvalue weighted by Gasteiger charge is -2.13. The van der Waals surface area contributed by atoms with Crippen LogP contribution in [0.4, 0.5) is 0 Å². The second-order valence-electron chi connectivity index (χ2n) is 2.86. The Balaban J connectivity index is 2.72. The third-order valence-electron chi connectivity index (χ3n) is 1.57. The van der Waals surface area contributed by atoms with E-state index < -0.39 is 29.5 Å². The van der Waals surface area contributed by atoms with Crippen LogP contribution in [0.2, 0.25) is 0 Å². The fourth-order valence-corrected chi connectivity index (χ4v) is 1.86. The standard InChI is InChI=1S/C6H10O5S/c1-3(2)4-5(6(7)8)11-12(9)10-4/h3-5H,1-2H3,(H,7,8)/t4-,5?,12?/m0/s1. The number of carboxylic acid groups (broad SMARTS) is 1. The van der Waals surface area contributed by atoms with Crippen LogP contribution >= 0.6 is 0 Å². The number of hydrogen-bond acceptors (Lipinski definition) is 4. The van der Waals surface area contributed by atoms with Gasteiger partial charge in [0.25, 0.3) is 0 Å². The summed E-state index contributed by atoms with van der Waals surface area (Å²) in [6.07, 6.45) is -1.73. The van der Waals surface area contributed by atoms with Gasteiger partial charge in [-0.15, -0.1) is 0 Å². The fraction of sp³-hybridized carbons (Fsp3) is 0.833. The van der Waals surface area contributed by atoms with Crippen LogP contribution in [0.15, 0.2) is 0 Å². The van der Waals surface area contributed by atoms with Gasteiger partial charge < -0.3 is 5.11 Å². The summed E-state index contributed by atoms with van der Waals surface area (Å²) in [5.41, 5.74) is 0. The molecule has 5 nitrogen and oxygen atoms in total. The minimum Gasteiger partial charge on any atom is -0.479 e. The summed E-state index contributed by atoms with van der Waals surface area (Å²) in [5, 5.41) is 8.61. The van der Waals surface area contributed by atoms with Gasteiger partial charge in [0.15, 0.2) is 0 Å². The summed E-state index contributed by atoms with van der Waals surface area (Å²) in [6, 6.07) is 0. The van der Waals surface area contributed by atoms with Crippen LogP contribution in [0.1, 0.15) is 13.8 Å². The smallest absolute Gasteiger partial charge is 0.337 e. The largest absolute Gasteiger partial charge is 0.479 e. The molecule has 1 fully saturated rings. The summed E-state index contributed by atoms with van der Waals surface area (Å²) in [6.45, 7) is 3.57. The number of rotatable bonds is 2. The third-order valence-corrected chi connectivity index (χ3v) is 2.31. The molecule has 1 heterocycles. The van der Waals surface area contributed by atoms with Crippen LogP contribution < -0.4 is 0 Å². The molecule has 0 saturated carbocycles. The molecule has 0 aromatic heterocycles. The molecule has 1 aliphatic heterocycles. The Morgan fingerprint density at radius 3 is 2.42 bits per heavy atom. The van der Waals surface area contributed by atoms with E-state index in [9.17, 15) is 9.00 Å². The van der Waals surface area contributed by atoms with Crippen molar-refractivity contribution in [2.45, 2.75) is 26.1 Å². The first kappa shape index (κ1) is 9.63. The van der Waals surface area contributed by atoms with Gasteiger partial charge in [-0.3, -0.25) is 8.37 Å². The topological polar surface area (TPSA) is 72.8 Å². The quantitative estimate of drug-likeness (QED) is 0.674. The predicted molar refractivity (Wildman–Crippen MR) is 40.4 cm³/mol. The molecule has 0 bridgehead atoms. The van der Waals surface area contributed by atoms with Crippen molar-refractivity contribution < 1.29 is 22.5 Å². The van der Waals surface area contributed by atoms with E-state index >= 15 is 0 Å². The lowest BCUT2D eigenvalue weighted by Crippen LogP contribution is -2.34. The molecule has 0 amide bonds. The predicted octanol–water partition coefficient (Wildman–Crippen LogP) is 0.0897. The molecule has 6 heteroatoms. The highest BCUT2D eigenvalue weighted by Crippen LogP contribution is 2.23. The molecule has 0 aromatic rings. The summed E-state index contributed by atoms with van der Waals surface area (Å²) < 4.78 is 20.0. The van der Waals surface area contributed by atoms with E-state index in [0.29, 0.717) is 0 Å². The molecular formula is C6H10O5S. The highest BCUT2D eigenvalue weighted by molar-refractivity contribution is 7.75. The van der Waals surface area contributed by atoms with E-state index in [1.807, 2.05) is 0 Å². The summed E-state index contributed by atoms with van der Waals surface area (Å²) >= 11 is -1.90. The normalized spacial score (nSPS) is 35.8. The van der Waals surface area contributed by atoms with Crippen molar-refractivity contribution in [3.8, 4) is 0 Å². The molecule has 0 radical (unpaired) electrons. The number of carbonyl (C=O) groups is 1. The fourth-order valence-electron chi connectivity index (χ4n) is 0.946. The van der Waals surface area contributed by atoms with Crippen molar-refractivity contribution in [3.63, 3.8) is 0 Å². The first-order chi connectivity index (χ1) is 5.52. The third kappa shape index (κ3) is 1.82. The molecule has 1 N–H and O–H groups in total. The van der Waals surface area contributed by atoms with Gasteiger partial charge >= 0.3 is 17.3 Å². The van der Waals surface area contributed by atoms with Gasteiger partial charge in [-0.2, -0.15) is 4.21 Å². The SMILES string of the molecule is CC(C)[C@@H]1OS(=O)OC1C(=O)O. The molecular weight excluding hydrogens is 184 g/mol. The molecule has 70 valence electrons. The van der Waals surface area contributed by atoms with Gasteiger partial charge in [-0.1, -0.05) is 13.8 Å². The van der Waals surface area contributed by atoms with E-state index in [1.165, 1.54) is 0 Å². The minimum absolute atomic E-state index is 0.0300. The Morgan fingerprint density at radius 2 is 2.08 bits per heavy atom. The monoisotopic (exact) mass is 194 g/mol. The maximum Gasteiger partial charge on any atom is 0.337 e. The summed E-state index contributed by atoms with van der Waals surface area (Å²) in [7, 11) is 0. The maximum absolute atomic E-state index is 10.7. The van der Waals surface area contributed by atoms with Crippen molar-refractivity contribution in [1.29, 1.82) is 0 Å². The average Bonchev–Trinajstić information content (AvgIpc) is 2.31. The highest BCUT2D eigenvalue weighted by Gasteiger charge is 2.42. The Bertz CT molecular complexity index is 214. The van der Waals surface area contributed by atoms with Crippen LogP contribution in [-0.4, -0.2) is 27.5 Å². The molecule has 3 atom stereocenters. The molecule has 1 rings (SSSR count). The van der Waals surface area contributed by atoms with Gasteiger partial charge in [0.05, 0.1) is 0 Å². The van der Waals surface area contributed by atoms with E-state index in [-0.39, 0.29) is 5.92 Å². The van der Waals surface area contributed by atoms with Crippen LogP contribution in [0.25, 0.3) is 0 Å². The zero-order valence-corrected chi connectivity index (χ0v) is 7.54. The summed E-state index contributed by atoms with van der Waals surface area (Å²) in [4.78, 5) is 10.5. The van der Waals surface area contributed by atoms with Gasteiger partial charge in [-0.25, -0.2) is 4.79 Å². The second kappa shape index (κ2) is 3.51. The first-order valence-electron chi connectivity index (χ1n) is 3.51. The van der Waals surface area contributed by atoms with E-state index in [2.05, 4.69) is 4.18 Å². The second-order valence-corrected chi connectivity index (χ2v) is 3.66. The molecule has 1 aliphatic rings. The number of hydrogen-bond donors (Lipinski definition) is 1. The Kier molecular flexibility index (Phi) is 2.81. The van der Waals surface area contributed by atoms with Crippen molar-refractivity contribution in [1.82, 2.24) is 0 Å². The molecule has 12 heavy (non-hydrogen) atoms. The van der Waals surface area contributed by atoms with Gasteiger partial charge in [-0.05, 0) is 5.92 Å². The highest BCUT2D eigenvalue weighted by atomic mass is 32.2. The molecule has 2 unspecified atom stereocenters. The van der Waals surface area contributed by atoms with Crippen molar-refractivity contribution in [2.75, 3.05) is 0 Å². The lowest BCUT2D eigenvalue weighted by molar-refractivity contribution is -0.146. The van der Waals surface area contributed by atoms with Gasteiger partial charge in [0, 0.05) is 0 Å². The lowest BCUT2D eigenvalue weighted by atomic mass is 10.0. The van der Waals surface area contributed by atoms with Crippen LogP contribution in [0, 0.1) is 5.92 Å². The first-order valence-corrected chi connectivity index (χ1v) is 4.51. The van der Waals surface area contributed by atoms with Crippen molar-refractivity contribution in [3.05, 3.63) is 0 Å². The zero-order valence-electron chi connectivity index (χ0n) is 6.72. The van der Waals surface area contributed by atoms with E-state index in [4.69, 9.17) is 9.29 Å². The van der Waals surface area contributed by atoms with E-state index in [0.717, 1.165) is 0 Å². The number of aliphatic carboxylic acids is 1. The summed E-state index contributed by atoms with van der Waals surface area (Å²) in [5.74, 6) is -1.17. The molecule has 0 spiro atoms. The Morgan fingerprint density at radius 1 is 1.50 bits per heavy atom. The number of carboxylic acids is 1. The van der Waals surface area contributed by atoms with Crippen LogP contribution in [0.3, 0.4) is 0 Å². The zero-order chi connectivity index (χ0) is 9.30. The molecule has 0 aromatic carbocycles. The minimum atomic E-state index is -1.90. The Hall–Kier alpha value is -0.460. The van der Waals surface area contributed by atoms with Crippen LogP contribution in [0.5, 0.6) is 0 Å². The molecule has 0 aliphatic carbocycles. The van der Waals surface area contributed by atoms with E-state index in [1.54, 1.807) is 13.8 Å². The van der Waals surface area contributed by atoms with Crippen LogP contribution in [-0.2, 0) is 24.5 Å². The Labute approximate surface area is 72.5 Å². The van der Waals surface area contributed by atoms with Crippen molar-refractivity contribution in [2.24, 2.45) is 5.92 Å². The molecule has 1 saturated heterocycles.